The summed E-state index contributed by atoms with van der Waals surface area (Å²) in [6.07, 6.45) is 0.954. The second-order valence-corrected chi connectivity index (χ2v) is 8.14. The highest BCUT2D eigenvalue weighted by molar-refractivity contribution is 9.10. The second kappa shape index (κ2) is 6.86. The molecule has 0 spiro atoms. The van der Waals surface area contributed by atoms with Crippen molar-refractivity contribution in [2.24, 2.45) is 0 Å². The van der Waals surface area contributed by atoms with E-state index in [-0.39, 0.29) is 5.91 Å². The molecule has 0 radical (unpaired) electrons. The average Bonchev–Trinajstić information content (AvgIpc) is 3.01. The molecule has 1 amide bonds. The topological polar surface area (TPSA) is 45.2 Å². The number of carbonyl (C=O) groups is 1. The third kappa shape index (κ3) is 3.34. The van der Waals surface area contributed by atoms with Gasteiger partial charge in [-0.25, -0.2) is 4.98 Å². The molecule has 2 heterocycles. The van der Waals surface area contributed by atoms with Crippen molar-refractivity contribution in [3.05, 3.63) is 57.0 Å². The number of hydrogen-bond donors (Lipinski definition) is 1. The Morgan fingerprint density at radius 1 is 1.36 bits per heavy atom. The number of fused-ring (bicyclic) bond motifs is 2. The molecular weight excluding hydrogens is 398 g/mol. The maximum absolute atomic E-state index is 12.8. The number of hydrogen-bond acceptors (Lipinski definition) is 4. The summed E-state index contributed by atoms with van der Waals surface area (Å²) in [7, 11) is 0. The molecule has 128 valence electrons. The molecule has 0 unspecified atom stereocenters. The van der Waals surface area contributed by atoms with Crippen molar-refractivity contribution in [2.75, 3.05) is 18.4 Å². The maximum Gasteiger partial charge on any atom is 0.258 e. The van der Waals surface area contributed by atoms with Crippen LogP contribution in [0, 0.1) is 0 Å². The van der Waals surface area contributed by atoms with E-state index in [0.29, 0.717) is 10.7 Å². The molecule has 3 aromatic rings. The number of rotatable bonds is 3. The van der Waals surface area contributed by atoms with Crippen molar-refractivity contribution >= 4 is 49.1 Å². The largest absolute Gasteiger partial charge is 0.298 e. The summed E-state index contributed by atoms with van der Waals surface area (Å²) < 4.78 is 0.897. The Morgan fingerprint density at radius 2 is 2.20 bits per heavy atom. The third-order valence-electron chi connectivity index (χ3n) is 4.55. The molecule has 0 bridgehead atoms. The fraction of sp³-hybridized carbons (Fsp3) is 0.263. The number of carbonyl (C=O) groups excluding carboxylic acids is 1. The van der Waals surface area contributed by atoms with Gasteiger partial charge in [0.05, 0.1) is 5.69 Å². The van der Waals surface area contributed by atoms with Gasteiger partial charge in [0.2, 0.25) is 0 Å². The summed E-state index contributed by atoms with van der Waals surface area (Å²) in [6, 6.07) is 11.8. The first-order valence-electron chi connectivity index (χ1n) is 8.34. The number of amides is 1. The van der Waals surface area contributed by atoms with Gasteiger partial charge in [0.25, 0.3) is 5.91 Å². The van der Waals surface area contributed by atoms with Crippen LogP contribution in [0.1, 0.15) is 27.9 Å². The third-order valence-corrected chi connectivity index (χ3v) is 6.00. The first kappa shape index (κ1) is 16.7. The van der Waals surface area contributed by atoms with E-state index >= 15 is 0 Å². The molecule has 2 aromatic carbocycles. The summed E-state index contributed by atoms with van der Waals surface area (Å²) >= 11 is 5.09. The Labute approximate surface area is 159 Å². The average molecular weight is 416 g/mol. The van der Waals surface area contributed by atoms with Gasteiger partial charge < -0.3 is 0 Å². The first-order valence-corrected chi connectivity index (χ1v) is 9.95. The Bertz CT molecular complexity index is 953. The number of aromatic nitrogens is 1. The van der Waals surface area contributed by atoms with Crippen molar-refractivity contribution in [3.63, 3.8) is 0 Å². The van der Waals surface area contributed by atoms with Crippen LogP contribution in [-0.2, 0) is 13.0 Å². The van der Waals surface area contributed by atoms with Crippen LogP contribution in [-0.4, -0.2) is 28.9 Å². The molecule has 1 aliphatic heterocycles. The molecule has 1 N–H and O–H groups in total. The number of nitrogens with zero attached hydrogens (tertiary/aromatic N) is 2. The zero-order valence-corrected chi connectivity index (χ0v) is 16.3. The highest BCUT2D eigenvalue weighted by atomic mass is 79.9. The zero-order chi connectivity index (χ0) is 17.4. The van der Waals surface area contributed by atoms with Gasteiger partial charge in [-0.15, -0.1) is 11.3 Å². The molecule has 6 heteroatoms. The van der Waals surface area contributed by atoms with Gasteiger partial charge in [0, 0.05) is 34.4 Å². The Balaban J connectivity index is 1.62. The van der Waals surface area contributed by atoms with Crippen LogP contribution in [0.5, 0.6) is 0 Å². The molecule has 0 aliphatic carbocycles. The molecule has 1 aromatic heterocycles. The quantitative estimate of drug-likeness (QED) is 0.674. The predicted octanol–water partition coefficient (Wildman–Crippen LogP) is 4.69. The normalized spacial score (nSPS) is 14.5. The summed E-state index contributed by atoms with van der Waals surface area (Å²) in [5, 5.41) is 5.68. The SMILES string of the molecule is CCN1CCc2nc(NC(=O)c3cc(Br)cc4ccccc34)sc2C1. The number of likely N-dealkylation sites (N-methyl/N-ethyl adjacent to an activating group) is 1. The van der Waals surface area contributed by atoms with Crippen LogP contribution in [0.2, 0.25) is 0 Å². The molecular formula is C19H18BrN3OS. The van der Waals surface area contributed by atoms with Crippen molar-refractivity contribution < 1.29 is 4.79 Å². The van der Waals surface area contributed by atoms with Gasteiger partial charge in [0.15, 0.2) is 5.13 Å². The number of nitrogens with one attached hydrogen (secondary N) is 1. The van der Waals surface area contributed by atoms with Crippen molar-refractivity contribution in [1.29, 1.82) is 0 Å². The molecule has 0 saturated heterocycles. The van der Waals surface area contributed by atoms with Crippen LogP contribution in [0.15, 0.2) is 40.9 Å². The zero-order valence-electron chi connectivity index (χ0n) is 13.9. The standard InChI is InChI=1S/C19H18BrN3OS/c1-2-23-8-7-16-17(11-23)25-19(21-16)22-18(24)15-10-13(20)9-12-5-3-4-6-14(12)15/h3-6,9-10H,2,7-8,11H2,1H3,(H,21,22,24). The second-order valence-electron chi connectivity index (χ2n) is 6.14. The van der Waals surface area contributed by atoms with E-state index < -0.39 is 0 Å². The van der Waals surface area contributed by atoms with Gasteiger partial charge in [-0.3, -0.25) is 15.0 Å². The maximum atomic E-state index is 12.8. The van der Waals surface area contributed by atoms with Crippen molar-refractivity contribution in [3.8, 4) is 0 Å². The predicted molar refractivity (Wildman–Crippen MR) is 106 cm³/mol. The van der Waals surface area contributed by atoms with Gasteiger partial charge in [-0.2, -0.15) is 0 Å². The van der Waals surface area contributed by atoms with Gasteiger partial charge in [0.1, 0.15) is 0 Å². The van der Waals surface area contributed by atoms with Crippen LogP contribution in [0.25, 0.3) is 10.8 Å². The van der Waals surface area contributed by atoms with Crippen molar-refractivity contribution in [1.82, 2.24) is 9.88 Å². The first-order chi connectivity index (χ1) is 12.1. The summed E-state index contributed by atoms with van der Waals surface area (Å²) in [4.78, 5) is 21.1. The number of halogens is 1. The van der Waals surface area contributed by atoms with E-state index in [1.54, 1.807) is 11.3 Å². The van der Waals surface area contributed by atoms with E-state index in [0.717, 1.165) is 47.0 Å². The Kier molecular flexibility index (Phi) is 4.58. The highest BCUT2D eigenvalue weighted by Gasteiger charge is 2.21. The lowest BCUT2D eigenvalue weighted by atomic mass is 10.0. The van der Waals surface area contributed by atoms with Crippen LogP contribution in [0.4, 0.5) is 5.13 Å². The minimum Gasteiger partial charge on any atom is -0.298 e. The summed E-state index contributed by atoms with van der Waals surface area (Å²) in [5.74, 6) is -0.115. The van der Waals surface area contributed by atoms with Gasteiger partial charge in [-0.05, 0) is 29.4 Å². The molecule has 0 saturated carbocycles. The molecule has 4 nitrogen and oxygen atoms in total. The highest BCUT2D eigenvalue weighted by Crippen LogP contribution is 2.30. The lowest BCUT2D eigenvalue weighted by molar-refractivity contribution is 0.102. The van der Waals surface area contributed by atoms with E-state index in [2.05, 4.69) is 38.1 Å². The fourth-order valence-corrected chi connectivity index (χ4v) is 4.72. The van der Waals surface area contributed by atoms with E-state index in [9.17, 15) is 4.79 Å². The van der Waals surface area contributed by atoms with E-state index in [4.69, 9.17) is 0 Å². The van der Waals surface area contributed by atoms with Crippen LogP contribution in [0.3, 0.4) is 0 Å². The molecule has 4 rings (SSSR count). The minimum absolute atomic E-state index is 0.115. The lowest BCUT2D eigenvalue weighted by Crippen LogP contribution is -2.29. The molecule has 0 fully saturated rings. The monoisotopic (exact) mass is 415 g/mol. The molecule has 0 atom stereocenters. The lowest BCUT2D eigenvalue weighted by Gasteiger charge is -2.23. The summed E-state index contributed by atoms with van der Waals surface area (Å²) in [6.45, 7) is 5.19. The number of anilines is 1. The molecule has 25 heavy (non-hydrogen) atoms. The fourth-order valence-electron chi connectivity index (χ4n) is 3.20. The smallest absolute Gasteiger partial charge is 0.258 e. The van der Waals surface area contributed by atoms with Crippen LogP contribution >= 0.6 is 27.3 Å². The van der Waals surface area contributed by atoms with Gasteiger partial charge in [-0.1, -0.05) is 47.1 Å². The minimum atomic E-state index is -0.115. The van der Waals surface area contributed by atoms with E-state index in [1.807, 2.05) is 36.4 Å². The number of benzene rings is 2. The van der Waals surface area contributed by atoms with Gasteiger partial charge >= 0.3 is 0 Å². The Morgan fingerprint density at radius 3 is 3.04 bits per heavy atom. The summed E-state index contributed by atoms with van der Waals surface area (Å²) in [5.41, 5.74) is 1.79. The number of thiazole rings is 1. The molecule has 1 aliphatic rings. The Hall–Kier alpha value is -1.76. The van der Waals surface area contributed by atoms with Crippen molar-refractivity contribution in [2.45, 2.75) is 19.9 Å². The van der Waals surface area contributed by atoms with Crippen LogP contribution < -0.4 is 5.32 Å². The van der Waals surface area contributed by atoms with E-state index in [1.165, 1.54) is 4.88 Å².